The maximum atomic E-state index is 13.3. The molecule has 4 heterocycles. The average molecular weight is 560 g/mol. The summed E-state index contributed by atoms with van der Waals surface area (Å²) in [5.41, 5.74) is 9.38. The van der Waals surface area contributed by atoms with E-state index in [9.17, 15) is 9.47 Å². The number of rotatable bonds is 8. The molecule has 1 aliphatic heterocycles. The Labute approximate surface area is 234 Å². The van der Waals surface area contributed by atoms with Gasteiger partial charge in [0, 0.05) is 47.5 Å². The van der Waals surface area contributed by atoms with Crippen LogP contribution >= 0.6 is 0 Å². The second-order valence-electron chi connectivity index (χ2n) is 10.5. The van der Waals surface area contributed by atoms with Crippen LogP contribution in [0.5, 0.6) is 11.5 Å². The van der Waals surface area contributed by atoms with E-state index in [4.69, 9.17) is 20.2 Å². The molecule has 0 saturated carbocycles. The van der Waals surface area contributed by atoms with Crippen LogP contribution in [0.3, 0.4) is 0 Å². The van der Waals surface area contributed by atoms with Gasteiger partial charge in [0.1, 0.15) is 30.0 Å². The van der Waals surface area contributed by atoms with Crippen LogP contribution in [0.1, 0.15) is 25.0 Å². The van der Waals surface area contributed by atoms with Crippen molar-refractivity contribution >= 4 is 21.1 Å². The normalized spacial score (nSPS) is 15.0. The minimum Gasteiger partial charge on any atom is -0.497 e. The third kappa shape index (κ3) is 6.19. The highest BCUT2D eigenvalue weighted by atomic mass is 32.2. The van der Waals surface area contributed by atoms with Crippen molar-refractivity contribution in [2.45, 2.75) is 25.9 Å². The molecule has 0 atom stereocenters. The number of hydrogen-bond acceptors (Lipinski definition) is 9. The lowest BCUT2D eigenvalue weighted by molar-refractivity contribution is 0.242. The summed E-state index contributed by atoms with van der Waals surface area (Å²) in [6.45, 7) is 5.76. The number of fused-ring (bicyclic) bond motifs is 1. The zero-order valence-electron chi connectivity index (χ0n) is 22.9. The highest BCUT2D eigenvalue weighted by Gasteiger charge is 2.22. The van der Waals surface area contributed by atoms with E-state index >= 15 is 0 Å². The number of anilines is 1. The molecule has 40 heavy (non-hydrogen) atoms. The molecule has 2 N–H and O–H groups in total. The molecule has 0 unspecified atom stereocenters. The molecule has 0 spiro atoms. The lowest BCUT2D eigenvalue weighted by Crippen LogP contribution is -2.40. The van der Waals surface area contributed by atoms with Crippen LogP contribution in [0.15, 0.2) is 65.4 Å². The number of aromatic nitrogens is 3. The first-order chi connectivity index (χ1) is 19.2. The van der Waals surface area contributed by atoms with Crippen molar-refractivity contribution in [3.8, 4) is 28.7 Å². The van der Waals surface area contributed by atoms with Crippen molar-refractivity contribution < 1.29 is 13.7 Å². The van der Waals surface area contributed by atoms with Gasteiger partial charge in [-0.05, 0) is 49.7 Å². The summed E-state index contributed by atoms with van der Waals surface area (Å²) in [5, 5.41) is 14.0. The van der Waals surface area contributed by atoms with Crippen molar-refractivity contribution in [3.05, 3.63) is 72.2 Å². The Balaban J connectivity index is 1.32. The summed E-state index contributed by atoms with van der Waals surface area (Å²) in [4.78, 5) is 6.85. The van der Waals surface area contributed by atoms with Crippen LogP contribution in [-0.4, -0.2) is 62.7 Å². The fourth-order valence-electron chi connectivity index (χ4n) is 4.48. The molecule has 5 rings (SSSR count). The molecule has 0 amide bonds. The van der Waals surface area contributed by atoms with E-state index in [2.05, 4.69) is 20.4 Å². The minimum atomic E-state index is -2.28. The van der Waals surface area contributed by atoms with Crippen LogP contribution in [0.25, 0.3) is 16.6 Å². The minimum absolute atomic E-state index is 0.325. The van der Waals surface area contributed by atoms with E-state index in [0.29, 0.717) is 54.6 Å². The van der Waals surface area contributed by atoms with Gasteiger partial charge in [0.2, 0.25) is 0 Å². The predicted octanol–water partition coefficient (Wildman–Crippen LogP) is 3.88. The molecule has 0 aliphatic carbocycles. The summed E-state index contributed by atoms with van der Waals surface area (Å²) in [6.07, 6.45) is 5.08. The maximum Gasteiger partial charge on any atom is 0.138 e. The average Bonchev–Trinajstić information content (AvgIpc) is 3.38. The zero-order chi connectivity index (χ0) is 28.3. The van der Waals surface area contributed by atoms with Gasteiger partial charge < -0.3 is 20.1 Å². The Morgan fingerprint density at radius 1 is 1.12 bits per heavy atom. The third-order valence-corrected chi connectivity index (χ3v) is 8.94. The molecule has 1 saturated heterocycles. The van der Waals surface area contributed by atoms with Gasteiger partial charge in [-0.25, -0.2) is 18.1 Å². The number of ether oxygens (including phenoxy) is 2. The molecule has 0 radical (unpaired) electrons. The first-order valence-corrected chi connectivity index (χ1v) is 14.9. The van der Waals surface area contributed by atoms with Gasteiger partial charge in [0.15, 0.2) is 0 Å². The molecule has 4 aromatic rings. The van der Waals surface area contributed by atoms with Gasteiger partial charge in [-0.2, -0.15) is 10.4 Å². The van der Waals surface area contributed by atoms with Crippen molar-refractivity contribution in [1.82, 2.24) is 14.6 Å². The van der Waals surface area contributed by atoms with Gasteiger partial charge in [0.25, 0.3) is 0 Å². The maximum absolute atomic E-state index is 13.3. The van der Waals surface area contributed by atoms with E-state index in [1.165, 1.54) is 0 Å². The summed E-state index contributed by atoms with van der Waals surface area (Å²) in [7, 11) is -0.649. The predicted molar refractivity (Wildman–Crippen MR) is 156 cm³/mol. The van der Waals surface area contributed by atoms with E-state index in [1.807, 2.05) is 56.3 Å². The second kappa shape index (κ2) is 11.2. The number of hydrogen-bond donors (Lipinski definition) is 1. The summed E-state index contributed by atoms with van der Waals surface area (Å²) in [6, 6.07) is 15.7. The Bertz CT molecular complexity index is 1650. The number of nitrogens with zero attached hydrogens (tertiary/aromatic N) is 6. The highest BCUT2D eigenvalue weighted by Crippen LogP contribution is 2.31. The Kier molecular flexibility index (Phi) is 7.65. The molecule has 3 aromatic heterocycles. The molecule has 0 bridgehead atoms. The molecular formula is C29H33N7O3S. The number of nitrogens with two attached hydrogens (primary N) is 1. The molecule has 208 valence electrons. The Morgan fingerprint density at radius 3 is 2.50 bits per heavy atom. The lowest BCUT2D eigenvalue weighted by Gasteiger charge is -2.29. The SMILES string of the molecule is COc1ccc(CN=S2(=O)CCN(c3ccc(-c4cc(OCC(C)(C)N)cn5ncc(C#N)c45)cn3)CC2)cc1. The van der Waals surface area contributed by atoms with Crippen LogP contribution in [0.2, 0.25) is 0 Å². The zero-order valence-corrected chi connectivity index (χ0v) is 23.7. The van der Waals surface area contributed by atoms with Gasteiger partial charge >= 0.3 is 0 Å². The Hall–Kier alpha value is -4.14. The standard InChI is InChI=1S/C29H33N7O3S/c1-29(2,31)20-39-25-14-26(28-23(15-30)18-33-36(28)19-25)22-6-9-27(32-17-22)35-10-12-40(37,13-11-35)34-16-21-4-7-24(38-3)8-5-21/h4-9,14,17-19H,10-13,16,20,31H2,1-3H3. The Morgan fingerprint density at radius 2 is 1.88 bits per heavy atom. The molecule has 10 nitrogen and oxygen atoms in total. The fraction of sp³-hybridized carbons (Fsp3) is 0.345. The smallest absolute Gasteiger partial charge is 0.138 e. The van der Waals surface area contributed by atoms with Crippen LogP contribution in [0, 0.1) is 11.3 Å². The number of pyridine rings is 2. The largest absolute Gasteiger partial charge is 0.497 e. The first-order valence-electron chi connectivity index (χ1n) is 13.0. The summed E-state index contributed by atoms with van der Waals surface area (Å²) in [5.74, 6) is 3.18. The van der Waals surface area contributed by atoms with E-state index in [1.54, 1.807) is 30.2 Å². The molecular weight excluding hydrogens is 526 g/mol. The third-order valence-electron chi connectivity index (χ3n) is 6.70. The number of nitriles is 1. The number of methoxy groups -OCH3 is 1. The van der Waals surface area contributed by atoms with Gasteiger partial charge in [-0.3, -0.25) is 0 Å². The van der Waals surface area contributed by atoms with Crippen molar-refractivity contribution in [3.63, 3.8) is 0 Å². The van der Waals surface area contributed by atoms with Crippen molar-refractivity contribution in [1.29, 1.82) is 5.26 Å². The highest BCUT2D eigenvalue weighted by molar-refractivity contribution is 7.93. The fourth-order valence-corrected chi connectivity index (χ4v) is 6.34. The number of benzene rings is 1. The van der Waals surface area contributed by atoms with E-state index in [0.717, 1.165) is 28.3 Å². The first kappa shape index (κ1) is 27.4. The van der Waals surface area contributed by atoms with Crippen LogP contribution in [-0.2, 0) is 16.3 Å². The van der Waals surface area contributed by atoms with Crippen LogP contribution < -0.4 is 20.1 Å². The quantitative estimate of drug-likeness (QED) is 0.344. The molecule has 1 aromatic carbocycles. The van der Waals surface area contributed by atoms with E-state index < -0.39 is 15.3 Å². The van der Waals surface area contributed by atoms with E-state index in [-0.39, 0.29) is 0 Å². The second-order valence-corrected chi connectivity index (χ2v) is 13.2. The summed E-state index contributed by atoms with van der Waals surface area (Å²) >= 11 is 0. The van der Waals surface area contributed by atoms with Gasteiger partial charge in [0.05, 0.1) is 46.9 Å². The van der Waals surface area contributed by atoms with Gasteiger partial charge in [-0.1, -0.05) is 12.1 Å². The molecule has 1 aliphatic rings. The monoisotopic (exact) mass is 559 g/mol. The molecule has 11 heteroatoms. The van der Waals surface area contributed by atoms with Crippen molar-refractivity contribution in [2.75, 3.05) is 43.2 Å². The lowest BCUT2D eigenvalue weighted by atomic mass is 10.1. The summed E-state index contributed by atoms with van der Waals surface area (Å²) < 4.78 is 30.7. The molecule has 1 fully saturated rings. The van der Waals surface area contributed by atoms with Crippen LogP contribution in [0.4, 0.5) is 5.82 Å². The van der Waals surface area contributed by atoms with Crippen molar-refractivity contribution in [2.24, 2.45) is 10.1 Å². The topological polar surface area (TPSA) is 131 Å². The van der Waals surface area contributed by atoms with Gasteiger partial charge in [-0.15, -0.1) is 0 Å².